The number of aliphatic hydroxyl groups excluding tert-OH is 2. The van der Waals surface area contributed by atoms with Crippen LogP contribution in [0, 0.1) is 6.92 Å². The van der Waals surface area contributed by atoms with Crippen molar-refractivity contribution in [3.8, 4) is 0 Å². The van der Waals surface area contributed by atoms with E-state index in [1.54, 1.807) is 30.3 Å². The van der Waals surface area contributed by atoms with E-state index in [2.05, 4.69) is 20.1 Å². The van der Waals surface area contributed by atoms with E-state index in [1.165, 1.54) is 7.11 Å². The molecule has 0 unspecified atom stereocenters. The van der Waals surface area contributed by atoms with Gasteiger partial charge in [0.15, 0.2) is 0 Å². The molecule has 1 amide bonds. The standard InChI is InChI=1S/C22H23N3O3.C13H17NO3/c1-14-10-21(27)24-19-6-5-16(12-17(14)19)23-22(28)18-11-15(13-26)4-7-20(18)25-8-2-3-9-25;1-17-13(16)11-8-10(9-15)4-5-12(11)14-6-2-3-7-14/h4-7,10-12,26H,2-3,8-9,13H2,1H3,(H,23,28)(H,24,27);4-5,8,15H,2-3,6-7,9H2,1H3. The number of carbonyl (C=O) groups is 2. The maximum atomic E-state index is 13.1. The van der Waals surface area contributed by atoms with Crippen LogP contribution in [0.25, 0.3) is 10.9 Å². The Morgan fingerprint density at radius 3 is 1.91 bits per heavy atom. The van der Waals surface area contributed by atoms with Crippen LogP contribution in [0.4, 0.5) is 17.1 Å². The first kappa shape index (κ1) is 31.7. The largest absolute Gasteiger partial charge is 0.465 e. The SMILES string of the molecule is COC(=O)c1cc(CO)ccc1N1CCCC1.Cc1cc(=O)[nH]c2ccc(NC(=O)c3cc(CO)ccc3N3CCCC3)cc12. The summed E-state index contributed by atoms with van der Waals surface area (Å²) in [6, 6.07) is 18.0. The molecule has 2 saturated heterocycles. The molecule has 10 heteroatoms. The van der Waals surface area contributed by atoms with E-state index in [4.69, 9.17) is 9.84 Å². The number of hydrogen-bond donors (Lipinski definition) is 4. The van der Waals surface area contributed by atoms with Gasteiger partial charge < -0.3 is 35.1 Å². The fourth-order valence-corrected chi connectivity index (χ4v) is 5.98. The van der Waals surface area contributed by atoms with Crippen LogP contribution in [0.3, 0.4) is 0 Å². The summed E-state index contributed by atoms with van der Waals surface area (Å²) in [6.07, 6.45) is 4.54. The minimum atomic E-state index is -0.345. The van der Waals surface area contributed by atoms with Crippen LogP contribution < -0.4 is 20.7 Å². The van der Waals surface area contributed by atoms with Gasteiger partial charge in [-0.25, -0.2) is 4.79 Å². The highest BCUT2D eigenvalue weighted by molar-refractivity contribution is 6.09. The Labute approximate surface area is 262 Å². The topological polar surface area (TPSA) is 135 Å². The van der Waals surface area contributed by atoms with Gasteiger partial charge in [-0.15, -0.1) is 0 Å². The van der Waals surface area contributed by atoms with E-state index in [-0.39, 0.29) is 30.6 Å². The number of amides is 1. The number of aryl methyl sites for hydroxylation is 1. The lowest BCUT2D eigenvalue weighted by molar-refractivity contribution is 0.0601. The number of carbonyl (C=O) groups excluding carboxylic acids is 2. The summed E-state index contributed by atoms with van der Waals surface area (Å²) < 4.78 is 4.79. The van der Waals surface area contributed by atoms with Crippen LogP contribution in [-0.4, -0.2) is 60.4 Å². The van der Waals surface area contributed by atoms with E-state index < -0.39 is 0 Å². The number of aromatic nitrogens is 1. The fraction of sp³-hybridized carbons (Fsp3) is 0.343. The number of ether oxygens (including phenoxy) is 1. The van der Waals surface area contributed by atoms with Crippen molar-refractivity contribution in [1.29, 1.82) is 0 Å². The van der Waals surface area contributed by atoms with Crippen molar-refractivity contribution in [3.05, 3.63) is 98.8 Å². The average molecular weight is 613 g/mol. The number of methoxy groups -OCH3 is 1. The molecular formula is C35H40N4O6. The number of aromatic amines is 1. The van der Waals surface area contributed by atoms with Crippen molar-refractivity contribution in [3.63, 3.8) is 0 Å². The van der Waals surface area contributed by atoms with Crippen LogP contribution in [0.2, 0.25) is 0 Å². The third kappa shape index (κ3) is 7.35. The summed E-state index contributed by atoms with van der Waals surface area (Å²) in [5.41, 5.74) is 6.46. The maximum absolute atomic E-state index is 13.1. The molecule has 236 valence electrons. The second kappa shape index (κ2) is 14.4. The fourth-order valence-electron chi connectivity index (χ4n) is 5.98. The predicted molar refractivity (Wildman–Crippen MR) is 176 cm³/mol. The van der Waals surface area contributed by atoms with Gasteiger partial charge in [0.05, 0.1) is 37.1 Å². The van der Waals surface area contributed by atoms with Crippen molar-refractivity contribution in [2.24, 2.45) is 0 Å². The third-order valence-corrected chi connectivity index (χ3v) is 8.34. The lowest BCUT2D eigenvalue weighted by Crippen LogP contribution is -2.23. The molecule has 2 fully saturated rings. The number of fused-ring (bicyclic) bond motifs is 1. The zero-order chi connectivity index (χ0) is 31.9. The Morgan fingerprint density at radius 2 is 1.36 bits per heavy atom. The van der Waals surface area contributed by atoms with Gasteiger partial charge in [0.1, 0.15) is 0 Å². The van der Waals surface area contributed by atoms with E-state index >= 15 is 0 Å². The average Bonchev–Trinajstić information content (AvgIpc) is 3.80. The Balaban J connectivity index is 0.000000201. The van der Waals surface area contributed by atoms with Crippen molar-refractivity contribution in [1.82, 2.24) is 4.98 Å². The van der Waals surface area contributed by atoms with Crippen molar-refractivity contribution in [2.45, 2.75) is 45.8 Å². The summed E-state index contributed by atoms with van der Waals surface area (Å²) in [6.45, 7) is 5.51. The molecule has 2 aliphatic rings. The number of anilines is 3. The zero-order valence-electron chi connectivity index (χ0n) is 25.8. The van der Waals surface area contributed by atoms with Crippen LogP contribution in [0.1, 0.15) is 63.1 Å². The van der Waals surface area contributed by atoms with E-state index in [0.29, 0.717) is 22.4 Å². The van der Waals surface area contributed by atoms with E-state index in [0.717, 1.165) is 85.3 Å². The minimum absolute atomic E-state index is 0.0652. The Kier molecular flexibility index (Phi) is 10.2. The smallest absolute Gasteiger partial charge is 0.339 e. The molecular weight excluding hydrogens is 572 g/mol. The summed E-state index contributed by atoms with van der Waals surface area (Å²) in [7, 11) is 1.38. The summed E-state index contributed by atoms with van der Waals surface area (Å²) in [5, 5.41) is 22.5. The molecule has 0 aliphatic carbocycles. The molecule has 0 bridgehead atoms. The molecule has 0 saturated carbocycles. The quantitative estimate of drug-likeness (QED) is 0.220. The lowest BCUT2D eigenvalue weighted by atomic mass is 10.1. The van der Waals surface area contributed by atoms with Crippen molar-refractivity contribution in [2.75, 3.05) is 48.4 Å². The monoisotopic (exact) mass is 612 g/mol. The first-order valence-corrected chi connectivity index (χ1v) is 15.3. The number of pyridine rings is 1. The Morgan fingerprint density at radius 1 is 0.800 bits per heavy atom. The first-order chi connectivity index (χ1) is 21.8. The number of H-pyrrole nitrogens is 1. The second-order valence-corrected chi connectivity index (χ2v) is 11.4. The van der Waals surface area contributed by atoms with Gasteiger partial charge in [-0.1, -0.05) is 12.1 Å². The van der Waals surface area contributed by atoms with Crippen LogP contribution in [-0.2, 0) is 18.0 Å². The van der Waals surface area contributed by atoms with E-state index in [1.807, 2.05) is 37.3 Å². The number of aliphatic hydroxyl groups is 2. The molecule has 6 rings (SSSR count). The van der Waals surface area contributed by atoms with Gasteiger partial charge in [-0.3, -0.25) is 9.59 Å². The van der Waals surface area contributed by atoms with Crippen LogP contribution in [0.15, 0.2) is 65.5 Å². The molecule has 4 N–H and O–H groups in total. The zero-order valence-corrected chi connectivity index (χ0v) is 25.8. The number of nitrogens with one attached hydrogen (secondary N) is 2. The predicted octanol–water partition coefficient (Wildman–Crippen LogP) is 4.75. The second-order valence-electron chi connectivity index (χ2n) is 11.4. The molecule has 2 aliphatic heterocycles. The van der Waals surface area contributed by atoms with Crippen LogP contribution >= 0.6 is 0 Å². The molecule has 4 aromatic rings. The van der Waals surface area contributed by atoms with Gasteiger partial charge in [-0.2, -0.15) is 0 Å². The normalized spacial score (nSPS) is 14.3. The molecule has 10 nitrogen and oxygen atoms in total. The summed E-state index contributed by atoms with van der Waals surface area (Å²) in [5.74, 6) is -0.555. The maximum Gasteiger partial charge on any atom is 0.339 e. The first-order valence-electron chi connectivity index (χ1n) is 15.3. The summed E-state index contributed by atoms with van der Waals surface area (Å²) in [4.78, 5) is 43.6. The van der Waals surface area contributed by atoms with Gasteiger partial charge in [0, 0.05) is 54.5 Å². The number of esters is 1. The number of nitrogens with zero attached hydrogens (tertiary/aromatic N) is 2. The van der Waals surface area contributed by atoms with Gasteiger partial charge in [0.2, 0.25) is 5.56 Å². The Bertz CT molecular complexity index is 1740. The molecule has 0 spiro atoms. The van der Waals surface area contributed by atoms with Gasteiger partial charge >= 0.3 is 5.97 Å². The van der Waals surface area contributed by atoms with Gasteiger partial charge in [0.25, 0.3) is 5.91 Å². The summed E-state index contributed by atoms with van der Waals surface area (Å²) >= 11 is 0. The minimum Gasteiger partial charge on any atom is -0.465 e. The molecule has 45 heavy (non-hydrogen) atoms. The molecule has 3 aromatic carbocycles. The van der Waals surface area contributed by atoms with Crippen LogP contribution in [0.5, 0.6) is 0 Å². The Hall–Kier alpha value is -4.67. The number of hydrogen-bond acceptors (Lipinski definition) is 8. The molecule has 0 atom stereocenters. The highest BCUT2D eigenvalue weighted by Gasteiger charge is 2.21. The molecule has 0 radical (unpaired) electrons. The number of rotatable bonds is 7. The van der Waals surface area contributed by atoms with Gasteiger partial charge in [-0.05, 0) is 91.8 Å². The van der Waals surface area contributed by atoms with E-state index in [9.17, 15) is 19.5 Å². The molecule has 1 aromatic heterocycles. The lowest BCUT2D eigenvalue weighted by Gasteiger charge is -2.21. The molecule has 3 heterocycles. The highest BCUT2D eigenvalue weighted by Crippen LogP contribution is 2.28. The van der Waals surface area contributed by atoms with Crippen molar-refractivity contribution < 1.29 is 24.5 Å². The van der Waals surface area contributed by atoms with Crippen molar-refractivity contribution >= 4 is 39.8 Å². The third-order valence-electron chi connectivity index (χ3n) is 8.34. The highest BCUT2D eigenvalue weighted by atomic mass is 16.5. The number of benzene rings is 3.